The molecule has 122 valence electrons. The normalized spacial score (nSPS) is 15.5. The van der Waals surface area contributed by atoms with E-state index in [4.69, 9.17) is 4.74 Å². The molecule has 0 atom stereocenters. The predicted molar refractivity (Wildman–Crippen MR) is 70.4 cm³/mol. The van der Waals surface area contributed by atoms with E-state index in [9.17, 15) is 18.0 Å². The number of pyridine rings is 1. The van der Waals surface area contributed by atoms with E-state index in [1.165, 1.54) is 6.20 Å². The van der Waals surface area contributed by atoms with Gasteiger partial charge in [0.25, 0.3) is 0 Å². The highest BCUT2D eigenvalue weighted by Gasteiger charge is 2.29. The van der Waals surface area contributed by atoms with Gasteiger partial charge in [-0.1, -0.05) is 6.07 Å². The standard InChI is InChI=1S/C13H16F3N3O3/c14-13(15,16)9-22-11-10(2-1-3-17-11)8-18-12(20)19-4-6-21-7-5-19/h1-3H,4-9H2,(H,18,20). The average molecular weight is 319 g/mol. The summed E-state index contributed by atoms with van der Waals surface area (Å²) in [6.45, 7) is 0.527. The number of carbonyl (C=O) groups is 1. The fourth-order valence-electron chi connectivity index (χ4n) is 1.89. The first-order valence-electron chi connectivity index (χ1n) is 6.70. The zero-order valence-corrected chi connectivity index (χ0v) is 11.7. The number of halogens is 3. The topological polar surface area (TPSA) is 63.7 Å². The fourth-order valence-corrected chi connectivity index (χ4v) is 1.89. The summed E-state index contributed by atoms with van der Waals surface area (Å²) in [7, 11) is 0. The second-order valence-electron chi connectivity index (χ2n) is 4.63. The van der Waals surface area contributed by atoms with Crippen molar-refractivity contribution in [1.29, 1.82) is 0 Å². The molecule has 2 rings (SSSR count). The Labute approximate surface area is 125 Å². The summed E-state index contributed by atoms with van der Waals surface area (Å²) in [6.07, 6.45) is -3.11. The van der Waals surface area contributed by atoms with Gasteiger partial charge < -0.3 is 19.7 Å². The first-order chi connectivity index (χ1) is 10.5. The maximum atomic E-state index is 12.2. The zero-order valence-electron chi connectivity index (χ0n) is 11.7. The Morgan fingerprint density at radius 1 is 1.41 bits per heavy atom. The average Bonchev–Trinajstić information content (AvgIpc) is 2.51. The molecule has 1 fully saturated rings. The number of rotatable bonds is 4. The van der Waals surface area contributed by atoms with Crippen LogP contribution in [-0.2, 0) is 11.3 Å². The lowest BCUT2D eigenvalue weighted by molar-refractivity contribution is -0.154. The van der Waals surface area contributed by atoms with E-state index in [-0.39, 0.29) is 18.5 Å². The number of aromatic nitrogens is 1. The molecule has 1 saturated heterocycles. The molecule has 0 unspecified atom stereocenters. The van der Waals surface area contributed by atoms with E-state index < -0.39 is 12.8 Å². The van der Waals surface area contributed by atoms with Gasteiger partial charge >= 0.3 is 12.2 Å². The van der Waals surface area contributed by atoms with E-state index >= 15 is 0 Å². The highest BCUT2D eigenvalue weighted by Crippen LogP contribution is 2.19. The molecule has 0 spiro atoms. The van der Waals surface area contributed by atoms with Crippen molar-refractivity contribution in [1.82, 2.24) is 15.2 Å². The van der Waals surface area contributed by atoms with Gasteiger partial charge in [-0.25, -0.2) is 9.78 Å². The zero-order chi connectivity index (χ0) is 16.0. The number of hydrogen-bond acceptors (Lipinski definition) is 4. The largest absolute Gasteiger partial charge is 0.468 e. The van der Waals surface area contributed by atoms with Crippen molar-refractivity contribution >= 4 is 6.03 Å². The summed E-state index contributed by atoms with van der Waals surface area (Å²) in [5.74, 6) is -0.137. The lowest BCUT2D eigenvalue weighted by Gasteiger charge is -2.27. The Bertz CT molecular complexity index is 505. The third-order valence-corrected chi connectivity index (χ3v) is 2.95. The number of nitrogens with zero attached hydrogens (tertiary/aromatic N) is 2. The van der Waals surface area contributed by atoms with E-state index in [1.54, 1.807) is 17.0 Å². The number of ether oxygens (including phenoxy) is 2. The molecule has 9 heteroatoms. The number of amides is 2. The molecule has 1 aromatic heterocycles. The van der Waals surface area contributed by atoms with E-state index in [2.05, 4.69) is 15.0 Å². The van der Waals surface area contributed by atoms with Crippen LogP contribution in [0, 0.1) is 0 Å². The third-order valence-electron chi connectivity index (χ3n) is 2.95. The van der Waals surface area contributed by atoms with Crippen molar-refractivity contribution in [3.63, 3.8) is 0 Å². The van der Waals surface area contributed by atoms with Crippen LogP contribution in [0.5, 0.6) is 5.88 Å². The van der Waals surface area contributed by atoms with Crippen LogP contribution in [0.25, 0.3) is 0 Å². The van der Waals surface area contributed by atoms with E-state index in [0.29, 0.717) is 31.9 Å². The first kappa shape index (κ1) is 16.3. The molecule has 2 amide bonds. The van der Waals surface area contributed by atoms with Gasteiger partial charge in [0.1, 0.15) is 0 Å². The Hall–Kier alpha value is -2.03. The highest BCUT2D eigenvalue weighted by atomic mass is 19.4. The van der Waals surface area contributed by atoms with Gasteiger partial charge in [0, 0.05) is 31.4 Å². The van der Waals surface area contributed by atoms with Crippen molar-refractivity contribution < 1.29 is 27.4 Å². The Morgan fingerprint density at radius 3 is 2.82 bits per heavy atom. The molecule has 2 heterocycles. The van der Waals surface area contributed by atoms with Crippen molar-refractivity contribution in [2.24, 2.45) is 0 Å². The summed E-state index contributed by atoms with van der Waals surface area (Å²) in [5, 5.41) is 2.64. The molecule has 0 aliphatic carbocycles. The lowest BCUT2D eigenvalue weighted by atomic mass is 10.2. The van der Waals surface area contributed by atoms with E-state index in [0.717, 1.165) is 0 Å². The van der Waals surface area contributed by atoms with Crippen molar-refractivity contribution in [2.75, 3.05) is 32.9 Å². The molecule has 0 radical (unpaired) electrons. The quantitative estimate of drug-likeness (QED) is 0.915. The molecule has 0 bridgehead atoms. The van der Waals surface area contributed by atoms with Gasteiger partial charge in [0.15, 0.2) is 6.61 Å². The van der Waals surface area contributed by atoms with Crippen molar-refractivity contribution in [3.8, 4) is 5.88 Å². The number of alkyl halides is 3. The number of morpholine rings is 1. The molecule has 6 nitrogen and oxygen atoms in total. The highest BCUT2D eigenvalue weighted by molar-refractivity contribution is 5.74. The molecule has 0 aromatic carbocycles. The maximum Gasteiger partial charge on any atom is 0.422 e. The predicted octanol–water partition coefficient (Wildman–Crippen LogP) is 1.56. The van der Waals surface area contributed by atoms with Crippen LogP contribution in [0.4, 0.5) is 18.0 Å². The molecule has 1 aromatic rings. The maximum absolute atomic E-state index is 12.2. The Balaban J connectivity index is 1.90. The minimum atomic E-state index is -4.44. The van der Waals surface area contributed by atoms with Gasteiger partial charge in [-0.2, -0.15) is 13.2 Å². The van der Waals surface area contributed by atoms with Crippen LogP contribution in [0.3, 0.4) is 0 Å². The summed E-state index contributed by atoms with van der Waals surface area (Å²) in [5.41, 5.74) is 0.383. The van der Waals surface area contributed by atoms with Gasteiger partial charge in [0.05, 0.1) is 13.2 Å². The molecule has 1 aliphatic heterocycles. The van der Waals surface area contributed by atoms with Gasteiger partial charge in [0.2, 0.25) is 5.88 Å². The van der Waals surface area contributed by atoms with Crippen LogP contribution in [0.1, 0.15) is 5.56 Å². The number of nitrogens with one attached hydrogen (secondary N) is 1. The Morgan fingerprint density at radius 2 is 2.14 bits per heavy atom. The van der Waals surface area contributed by atoms with Crippen LogP contribution in [-0.4, -0.2) is 55.0 Å². The van der Waals surface area contributed by atoms with Crippen molar-refractivity contribution in [3.05, 3.63) is 23.9 Å². The minimum Gasteiger partial charge on any atom is -0.468 e. The first-order valence-corrected chi connectivity index (χ1v) is 6.70. The fraction of sp³-hybridized carbons (Fsp3) is 0.538. The molecule has 1 aliphatic rings. The van der Waals surface area contributed by atoms with Gasteiger partial charge in [-0.15, -0.1) is 0 Å². The molecule has 22 heavy (non-hydrogen) atoms. The van der Waals surface area contributed by atoms with Gasteiger partial charge in [-0.3, -0.25) is 0 Å². The van der Waals surface area contributed by atoms with Crippen LogP contribution in [0.15, 0.2) is 18.3 Å². The summed E-state index contributed by atoms with van der Waals surface area (Å²) >= 11 is 0. The number of hydrogen-bond donors (Lipinski definition) is 1. The second kappa shape index (κ2) is 7.30. The van der Waals surface area contributed by atoms with Crippen LogP contribution < -0.4 is 10.1 Å². The van der Waals surface area contributed by atoms with Crippen molar-refractivity contribution in [2.45, 2.75) is 12.7 Å². The summed E-state index contributed by atoms with van der Waals surface area (Å²) in [6, 6.07) is 2.82. The smallest absolute Gasteiger partial charge is 0.422 e. The lowest BCUT2D eigenvalue weighted by Crippen LogP contribution is -2.45. The number of carbonyl (C=O) groups excluding carboxylic acids is 1. The van der Waals surface area contributed by atoms with Crippen LogP contribution >= 0.6 is 0 Å². The monoisotopic (exact) mass is 319 g/mol. The SMILES string of the molecule is O=C(NCc1cccnc1OCC(F)(F)F)N1CCOCC1. The van der Waals surface area contributed by atoms with Gasteiger partial charge in [-0.05, 0) is 6.07 Å². The molecule has 0 saturated carbocycles. The second-order valence-corrected chi connectivity index (χ2v) is 4.63. The van der Waals surface area contributed by atoms with Crippen LogP contribution in [0.2, 0.25) is 0 Å². The Kier molecular flexibility index (Phi) is 5.42. The molecule has 1 N–H and O–H groups in total. The molecular formula is C13H16F3N3O3. The summed E-state index contributed by atoms with van der Waals surface area (Å²) < 4.78 is 46.4. The third kappa shape index (κ3) is 5.06. The molecular weight excluding hydrogens is 303 g/mol. The minimum absolute atomic E-state index is 0.0389. The number of urea groups is 1. The van der Waals surface area contributed by atoms with E-state index in [1.807, 2.05) is 0 Å². The summed E-state index contributed by atoms with van der Waals surface area (Å²) in [4.78, 5) is 17.3.